The van der Waals surface area contributed by atoms with Crippen molar-refractivity contribution in [2.75, 3.05) is 13.2 Å². The quantitative estimate of drug-likeness (QED) is 0.925. The van der Waals surface area contributed by atoms with Crippen LogP contribution in [0.25, 0.3) is 0 Å². The topological polar surface area (TPSA) is 60.5 Å². The van der Waals surface area contributed by atoms with Crippen LogP contribution in [0.2, 0.25) is 0 Å². The fourth-order valence-corrected chi connectivity index (χ4v) is 2.44. The van der Waals surface area contributed by atoms with E-state index in [4.69, 9.17) is 9.47 Å². The van der Waals surface area contributed by atoms with Crippen LogP contribution in [-0.2, 0) is 0 Å². The first-order valence-corrected chi connectivity index (χ1v) is 7.30. The van der Waals surface area contributed by atoms with Crippen LogP contribution < -0.4 is 14.8 Å². The van der Waals surface area contributed by atoms with E-state index >= 15 is 0 Å². The normalized spacial score (nSPS) is 16.3. The number of fused-ring (bicyclic) bond motifs is 1. The molecule has 108 valence electrons. The van der Waals surface area contributed by atoms with Gasteiger partial charge in [-0.2, -0.15) is 0 Å². The number of ether oxygens (including phenoxy) is 2. The fraction of sp³-hybridized carbons (Fsp3) is 0.200. The first-order valence-electron chi connectivity index (χ1n) is 6.51. The average Bonchev–Trinajstić information content (AvgIpc) is 2.53. The molecule has 0 saturated carbocycles. The van der Waals surface area contributed by atoms with Gasteiger partial charge < -0.3 is 14.8 Å². The third kappa shape index (κ3) is 3.16. The van der Waals surface area contributed by atoms with E-state index in [-0.39, 0.29) is 12.0 Å². The van der Waals surface area contributed by atoms with E-state index < -0.39 is 0 Å². The lowest BCUT2D eigenvalue weighted by Gasteiger charge is -2.26. The van der Waals surface area contributed by atoms with Crippen molar-refractivity contribution in [2.45, 2.75) is 6.10 Å². The van der Waals surface area contributed by atoms with Gasteiger partial charge in [0.25, 0.3) is 5.91 Å². The van der Waals surface area contributed by atoms with E-state index in [0.29, 0.717) is 29.1 Å². The predicted octanol–water partition coefficient (Wildman–Crippen LogP) is 2.41. The summed E-state index contributed by atoms with van der Waals surface area (Å²) in [5, 5.41) is 2.80. The molecule has 3 rings (SSSR count). The van der Waals surface area contributed by atoms with Gasteiger partial charge in [0.05, 0.1) is 6.54 Å². The Morgan fingerprint density at radius 1 is 1.29 bits per heavy atom. The maximum absolute atomic E-state index is 12.1. The molecule has 2 heterocycles. The lowest BCUT2D eigenvalue weighted by Crippen LogP contribution is -2.41. The van der Waals surface area contributed by atoms with Crippen LogP contribution in [0, 0.1) is 0 Å². The largest absolute Gasteiger partial charge is 0.486 e. The smallest absolute Gasteiger partial charge is 0.271 e. The van der Waals surface area contributed by atoms with Crippen molar-refractivity contribution in [1.82, 2.24) is 10.3 Å². The van der Waals surface area contributed by atoms with Gasteiger partial charge in [0.15, 0.2) is 11.5 Å². The summed E-state index contributed by atoms with van der Waals surface area (Å²) in [6.07, 6.45) is 1.36. The van der Waals surface area contributed by atoms with Gasteiger partial charge in [0.1, 0.15) is 18.4 Å². The highest BCUT2D eigenvalue weighted by Gasteiger charge is 2.21. The number of aromatic nitrogens is 1. The van der Waals surface area contributed by atoms with Crippen molar-refractivity contribution >= 4 is 21.8 Å². The molecule has 5 nitrogen and oxygen atoms in total. The molecule has 21 heavy (non-hydrogen) atoms. The van der Waals surface area contributed by atoms with Crippen LogP contribution >= 0.6 is 15.9 Å². The Labute approximate surface area is 130 Å². The number of pyridine rings is 1. The van der Waals surface area contributed by atoms with Gasteiger partial charge in [-0.25, -0.2) is 4.98 Å². The molecule has 1 aliphatic rings. The van der Waals surface area contributed by atoms with Crippen molar-refractivity contribution in [3.63, 3.8) is 0 Å². The third-order valence-electron chi connectivity index (χ3n) is 3.03. The summed E-state index contributed by atoms with van der Waals surface area (Å²) >= 11 is 3.30. The number of amides is 1. The Balaban J connectivity index is 1.59. The minimum absolute atomic E-state index is 0.216. The molecule has 0 spiro atoms. The number of hydrogen-bond acceptors (Lipinski definition) is 4. The second-order valence-electron chi connectivity index (χ2n) is 4.54. The molecule has 0 bridgehead atoms. The van der Waals surface area contributed by atoms with Crippen molar-refractivity contribution in [3.05, 3.63) is 52.8 Å². The highest BCUT2D eigenvalue weighted by Crippen LogP contribution is 2.30. The number of hydrogen-bond donors (Lipinski definition) is 1. The SMILES string of the molecule is O=C(NCC1COc2ccccc2O1)c1ncccc1Br. The molecule has 6 heteroatoms. The summed E-state index contributed by atoms with van der Waals surface area (Å²) in [7, 11) is 0. The number of benzene rings is 1. The molecule has 2 aromatic rings. The van der Waals surface area contributed by atoms with Crippen LogP contribution in [0.1, 0.15) is 10.5 Å². The minimum atomic E-state index is -0.245. The van der Waals surface area contributed by atoms with E-state index in [1.807, 2.05) is 24.3 Å². The fourth-order valence-electron chi connectivity index (χ4n) is 2.01. The van der Waals surface area contributed by atoms with E-state index in [2.05, 4.69) is 26.2 Å². The molecule has 1 N–H and O–H groups in total. The van der Waals surface area contributed by atoms with E-state index in [9.17, 15) is 4.79 Å². The van der Waals surface area contributed by atoms with Gasteiger partial charge in [0, 0.05) is 10.7 Å². The molecule has 0 fully saturated rings. The molecule has 1 unspecified atom stereocenters. The summed E-state index contributed by atoms with van der Waals surface area (Å²) in [6.45, 7) is 0.761. The van der Waals surface area contributed by atoms with Gasteiger partial charge in [-0.05, 0) is 40.2 Å². The molecular formula is C15H13BrN2O3. The maximum Gasteiger partial charge on any atom is 0.271 e. The van der Waals surface area contributed by atoms with Crippen LogP contribution in [0.3, 0.4) is 0 Å². The summed E-state index contributed by atoms with van der Waals surface area (Å²) in [6, 6.07) is 11.0. The number of halogens is 1. The van der Waals surface area contributed by atoms with Crippen molar-refractivity contribution in [3.8, 4) is 11.5 Å². The molecule has 1 aromatic heterocycles. The van der Waals surface area contributed by atoms with Crippen molar-refractivity contribution < 1.29 is 14.3 Å². The highest BCUT2D eigenvalue weighted by atomic mass is 79.9. The molecule has 0 aliphatic carbocycles. The lowest BCUT2D eigenvalue weighted by molar-refractivity contribution is 0.0786. The van der Waals surface area contributed by atoms with Crippen LogP contribution in [0.5, 0.6) is 11.5 Å². The van der Waals surface area contributed by atoms with Crippen molar-refractivity contribution in [2.24, 2.45) is 0 Å². The second kappa shape index (κ2) is 6.13. The molecule has 1 aromatic carbocycles. The Hall–Kier alpha value is -2.08. The van der Waals surface area contributed by atoms with Crippen LogP contribution in [0.4, 0.5) is 0 Å². The minimum Gasteiger partial charge on any atom is -0.486 e. The Kier molecular flexibility index (Phi) is 4.06. The maximum atomic E-state index is 12.1. The van der Waals surface area contributed by atoms with Gasteiger partial charge in [0.2, 0.25) is 0 Å². The monoisotopic (exact) mass is 348 g/mol. The standard InChI is InChI=1S/C15H13BrN2O3/c16-11-4-3-7-17-14(11)15(19)18-8-10-9-20-12-5-1-2-6-13(12)21-10/h1-7,10H,8-9H2,(H,18,19). The number of nitrogens with zero attached hydrogens (tertiary/aromatic N) is 1. The third-order valence-corrected chi connectivity index (χ3v) is 3.67. The summed E-state index contributed by atoms with van der Waals surface area (Å²) < 4.78 is 12.0. The number of rotatable bonds is 3. The van der Waals surface area contributed by atoms with E-state index in [1.165, 1.54) is 0 Å². The van der Waals surface area contributed by atoms with Gasteiger partial charge in [-0.15, -0.1) is 0 Å². The van der Waals surface area contributed by atoms with E-state index in [0.717, 1.165) is 5.75 Å². The zero-order chi connectivity index (χ0) is 14.7. The summed E-state index contributed by atoms with van der Waals surface area (Å²) in [5.41, 5.74) is 0.356. The molecule has 1 atom stereocenters. The second-order valence-corrected chi connectivity index (χ2v) is 5.40. The predicted molar refractivity (Wildman–Crippen MR) is 80.6 cm³/mol. The summed E-state index contributed by atoms with van der Waals surface area (Å²) in [4.78, 5) is 16.1. The lowest BCUT2D eigenvalue weighted by atomic mass is 10.2. The number of carbonyl (C=O) groups excluding carboxylic acids is 1. The first-order chi connectivity index (χ1) is 10.2. The molecule has 0 radical (unpaired) electrons. The Morgan fingerprint density at radius 3 is 2.90 bits per heavy atom. The zero-order valence-electron chi connectivity index (χ0n) is 11.1. The molecule has 1 amide bonds. The van der Waals surface area contributed by atoms with Gasteiger partial charge >= 0.3 is 0 Å². The Bertz CT molecular complexity index is 663. The van der Waals surface area contributed by atoms with Gasteiger partial charge in [-0.1, -0.05) is 12.1 Å². The first kappa shape index (κ1) is 13.9. The number of para-hydroxylation sites is 2. The van der Waals surface area contributed by atoms with Gasteiger partial charge in [-0.3, -0.25) is 4.79 Å². The average molecular weight is 349 g/mol. The van der Waals surface area contributed by atoms with E-state index in [1.54, 1.807) is 18.3 Å². The van der Waals surface area contributed by atoms with Crippen molar-refractivity contribution in [1.29, 1.82) is 0 Å². The molecule has 0 saturated heterocycles. The summed E-state index contributed by atoms with van der Waals surface area (Å²) in [5.74, 6) is 1.18. The molecular weight excluding hydrogens is 336 g/mol. The molecule has 1 aliphatic heterocycles. The highest BCUT2D eigenvalue weighted by molar-refractivity contribution is 9.10. The Morgan fingerprint density at radius 2 is 2.10 bits per heavy atom. The number of nitrogens with one attached hydrogen (secondary N) is 1. The van der Waals surface area contributed by atoms with Crippen LogP contribution in [-0.4, -0.2) is 30.1 Å². The number of carbonyl (C=O) groups is 1. The van der Waals surface area contributed by atoms with Crippen LogP contribution in [0.15, 0.2) is 47.1 Å². The zero-order valence-corrected chi connectivity index (χ0v) is 12.7.